The van der Waals surface area contributed by atoms with Crippen LogP contribution in [0.15, 0.2) is 76.3 Å². The molecule has 0 aliphatic heterocycles. The standard InChI is InChI=1S/C21H18N2O2/c1-2-22-20(24)18-12-5-6-13-19(18)23(21(22)25)14-16-10-7-9-15-8-3-4-11-17(15)16/h3-13H,2,14H2,1H3. The van der Waals surface area contributed by atoms with Crippen LogP contribution in [0.4, 0.5) is 0 Å². The summed E-state index contributed by atoms with van der Waals surface area (Å²) < 4.78 is 3.00. The van der Waals surface area contributed by atoms with Crippen molar-refractivity contribution in [3.63, 3.8) is 0 Å². The Balaban J connectivity index is 2.01. The van der Waals surface area contributed by atoms with Crippen molar-refractivity contribution in [2.45, 2.75) is 20.0 Å². The Labute approximate surface area is 144 Å². The largest absolute Gasteiger partial charge is 0.331 e. The summed E-state index contributed by atoms with van der Waals surface area (Å²) in [4.78, 5) is 25.4. The van der Waals surface area contributed by atoms with Gasteiger partial charge in [-0.05, 0) is 35.4 Å². The van der Waals surface area contributed by atoms with E-state index >= 15 is 0 Å². The van der Waals surface area contributed by atoms with Crippen LogP contribution < -0.4 is 11.2 Å². The molecule has 0 N–H and O–H groups in total. The Morgan fingerprint density at radius 3 is 2.24 bits per heavy atom. The van der Waals surface area contributed by atoms with Gasteiger partial charge in [-0.3, -0.25) is 13.9 Å². The second-order valence-electron chi connectivity index (χ2n) is 6.07. The lowest BCUT2D eigenvalue weighted by atomic mass is 10.0. The van der Waals surface area contributed by atoms with E-state index in [1.165, 1.54) is 4.57 Å². The molecule has 1 heterocycles. The summed E-state index contributed by atoms with van der Waals surface area (Å²) in [6, 6.07) is 21.5. The van der Waals surface area contributed by atoms with Crippen LogP contribution in [0.2, 0.25) is 0 Å². The van der Waals surface area contributed by atoms with Crippen molar-refractivity contribution >= 4 is 21.7 Å². The Bertz CT molecular complexity index is 1200. The lowest BCUT2D eigenvalue weighted by molar-refractivity contribution is 0.620. The number of rotatable bonds is 3. The molecular weight excluding hydrogens is 312 g/mol. The van der Waals surface area contributed by atoms with Gasteiger partial charge in [0.25, 0.3) is 5.56 Å². The number of hydrogen-bond donors (Lipinski definition) is 0. The minimum atomic E-state index is -0.265. The number of hydrogen-bond acceptors (Lipinski definition) is 2. The summed E-state index contributed by atoms with van der Waals surface area (Å²) >= 11 is 0. The van der Waals surface area contributed by atoms with Gasteiger partial charge in [-0.1, -0.05) is 54.6 Å². The molecule has 4 heteroatoms. The molecule has 25 heavy (non-hydrogen) atoms. The molecule has 0 aliphatic carbocycles. The van der Waals surface area contributed by atoms with Gasteiger partial charge in [0.05, 0.1) is 17.4 Å². The van der Waals surface area contributed by atoms with Gasteiger partial charge >= 0.3 is 5.69 Å². The average Bonchev–Trinajstić information content (AvgIpc) is 2.66. The van der Waals surface area contributed by atoms with E-state index in [2.05, 4.69) is 18.2 Å². The van der Waals surface area contributed by atoms with Crippen molar-refractivity contribution in [3.8, 4) is 0 Å². The number of para-hydroxylation sites is 1. The maximum Gasteiger partial charge on any atom is 0.331 e. The van der Waals surface area contributed by atoms with Crippen molar-refractivity contribution in [2.75, 3.05) is 0 Å². The van der Waals surface area contributed by atoms with Crippen LogP contribution >= 0.6 is 0 Å². The van der Waals surface area contributed by atoms with Crippen LogP contribution in [0.5, 0.6) is 0 Å². The monoisotopic (exact) mass is 330 g/mol. The second kappa shape index (κ2) is 6.06. The van der Waals surface area contributed by atoms with Crippen LogP contribution in [-0.4, -0.2) is 9.13 Å². The molecule has 4 aromatic rings. The van der Waals surface area contributed by atoms with Gasteiger partial charge in [0, 0.05) is 6.54 Å². The maximum absolute atomic E-state index is 12.9. The zero-order chi connectivity index (χ0) is 17.4. The predicted octanol–water partition coefficient (Wildman–Crippen LogP) is 3.38. The summed E-state index contributed by atoms with van der Waals surface area (Å²) in [5, 5.41) is 2.83. The Kier molecular flexibility index (Phi) is 3.73. The third-order valence-corrected chi connectivity index (χ3v) is 4.66. The van der Waals surface area contributed by atoms with E-state index in [9.17, 15) is 9.59 Å². The molecule has 0 aliphatic rings. The summed E-state index contributed by atoms with van der Waals surface area (Å²) in [5.41, 5.74) is 1.25. The maximum atomic E-state index is 12.9. The van der Waals surface area contributed by atoms with Crippen LogP contribution in [0.1, 0.15) is 12.5 Å². The molecule has 0 amide bonds. The summed E-state index contributed by atoms with van der Waals surface area (Å²) in [7, 11) is 0. The van der Waals surface area contributed by atoms with E-state index in [4.69, 9.17) is 0 Å². The molecular formula is C21H18N2O2. The van der Waals surface area contributed by atoms with Gasteiger partial charge < -0.3 is 0 Å². The van der Waals surface area contributed by atoms with Gasteiger partial charge in [-0.25, -0.2) is 4.79 Å². The Hall–Kier alpha value is -3.14. The smallest absolute Gasteiger partial charge is 0.289 e. The molecule has 1 aromatic heterocycles. The second-order valence-corrected chi connectivity index (χ2v) is 6.07. The quantitative estimate of drug-likeness (QED) is 0.578. The molecule has 4 nitrogen and oxygen atoms in total. The molecule has 0 fully saturated rings. The highest BCUT2D eigenvalue weighted by atomic mass is 16.2. The molecule has 0 saturated carbocycles. The van der Waals surface area contributed by atoms with Crippen LogP contribution in [0.3, 0.4) is 0 Å². The predicted molar refractivity (Wildman–Crippen MR) is 101 cm³/mol. The topological polar surface area (TPSA) is 44.0 Å². The van der Waals surface area contributed by atoms with Crippen molar-refractivity contribution in [3.05, 3.63) is 93.1 Å². The molecule has 0 bridgehead atoms. The molecule has 0 atom stereocenters. The lowest BCUT2D eigenvalue weighted by Gasteiger charge is -2.14. The van der Waals surface area contributed by atoms with Crippen molar-refractivity contribution < 1.29 is 0 Å². The first-order valence-corrected chi connectivity index (χ1v) is 8.39. The zero-order valence-electron chi connectivity index (χ0n) is 14.0. The van der Waals surface area contributed by atoms with Gasteiger partial charge in [0.2, 0.25) is 0 Å². The zero-order valence-corrected chi connectivity index (χ0v) is 14.0. The third kappa shape index (κ3) is 2.47. The number of nitrogens with zero attached hydrogens (tertiary/aromatic N) is 2. The SMILES string of the molecule is CCn1c(=O)c2ccccc2n(Cc2cccc3ccccc23)c1=O. The molecule has 0 radical (unpaired) electrons. The van der Waals surface area contributed by atoms with E-state index in [0.29, 0.717) is 24.0 Å². The first kappa shape index (κ1) is 15.4. The van der Waals surface area contributed by atoms with Crippen molar-refractivity contribution in [1.29, 1.82) is 0 Å². The van der Waals surface area contributed by atoms with E-state index in [-0.39, 0.29) is 11.2 Å². The van der Waals surface area contributed by atoms with Gasteiger partial charge in [-0.15, -0.1) is 0 Å². The minimum Gasteiger partial charge on any atom is -0.289 e. The van der Waals surface area contributed by atoms with Gasteiger partial charge in [0.15, 0.2) is 0 Å². The minimum absolute atomic E-state index is 0.225. The van der Waals surface area contributed by atoms with Crippen molar-refractivity contribution in [1.82, 2.24) is 9.13 Å². The summed E-state index contributed by atoms with van der Waals surface area (Å²) in [5.74, 6) is 0. The number of aromatic nitrogens is 2. The third-order valence-electron chi connectivity index (χ3n) is 4.66. The first-order valence-electron chi connectivity index (χ1n) is 8.39. The van der Waals surface area contributed by atoms with E-state index in [1.54, 1.807) is 10.6 Å². The summed E-state index contributed by atoms with van der Waals surface area (Å²) in [6.07, 6.45) is 0. The number of fused-ring (bicyclic) bond motifs is 2. The van der Waals surface area contributed by atoms with Crippen LogP contribution in [-0.2, 0) is 13.1 Å². The molecule has 0 unspecified atom stereocenters. The number of benzene rings is 3. The fourth-order valence-corrected chi connectivity index (χ4v) is 3.40. The molecule has 0 saturated heterocycles. The highest BCUT2D eigenvalue weighted by molar-refractivity contribution is 5.86. The molecule has 0 spiro atoms. The fraction of sp³-hybridized carbons (Fsp3) is 0.143. The van der Waals surface area contributed by atoms with Crippen LogP contribution in [0.25, 0.3) is 21.7 Å². The lowest BCUT2D eigenvalue weighted by Crippen LogP contribution is -2.39. The van der Waals surface area contributed by atoms with E-state index in [0.717, 1.165) is 16.3 Å². The average molecular weight is 330 g/mol. The molecule has 124 valence electrons. The first-order chi connectivity index (χ1) is 12.2. The highest BCUT2D eigenvalue weighted by Crippen LogP contribution is 2.20. The Morgan fingerprint density at radius 1 is 0.760 bits per heavy atom. The summed E-state index contributed by atoms with van der Waals surface area (Å²) in [6.45, 7) is 2.61. The molecule has 3 aromatic carbocycles. The normalized spacial score (nSPS) is 11.2. The van der Waals surface area contributed by atoms with Crippen LogP contribution in [0, 0.1) is 0 Å². The van der Waals surface area contributed by atoms with Crippen molar-refractivity contribution in [2.24, 2.45) is 0 Å². The van der Waals surface area contributed by atoms with Gasteiger partial charge in [0.1, 0.15) is 0 Å². The fourth-order valence-electron chi connectivity index (χ4n) is 3.40. The Morgan fingerprint density at radius 2 is 1.44 bits per heavy atom. The van der Waals surface area contributed by atoms with E-state index in [1.807, 2.05) is 49.4 Å². The molecule has 4 rings (SSSR count). The van der Waals surface area contributed by atoms with Gasteiger partial charge in [-0.2, -0.15) is 0 Å². The van der Waals surface area contributed by atoms with E-state index < -0.39 is 0 Å². The highest BCUT2D eigenvalue weighted by Gasteiger charge is 2.12.